The third-order valence-corrected chi connectivity index (χ3v) is 3.50. The van der Waals surface area contributed by atoms with Crippen LogP contribution >= 0.6 is 0 Å². The van der Waals surface area contributed by atoms with Gasteiger partial charge in [-0.05, 0) is 38.5 Å². The van der Waals surface area contributed by atoms with Crippen LogP contribution in [0.2, 0.25) is 0 Å². The number of carbonyl (C=O) groups excluding carboxylic acids is 1. The van der Waals surface area contributed by atoms with Crippen molar-refractivity contribution in [1.82, 2.24) is 4.90 Å². The molecule has 2 aliphatic rings. The summed E-state index contributed by atoms with van der Waals surface area (Å²) in [6.07, 6.45) is 6.14. The van der Waals surface area contributed by atoms with Crippen LogP contribution in [0.25, 0.3) is 0 Å². The van der Waals surface area contributed by atoms with Gasteiger partial charge in [0.2, 0.25) is 0 Å². The fourth-order valence-electron chi connectivity index (χ4n) is 2.89. The zero-order chi connectivity index (χ0) is 9.97. The van der Waals surface area contributed by atoms with E-state index in [-0.39, 0.29) is 6.09 Å². The zero-order valence-electron chi connectivity index (χ0n) is 8.87. The van der Waals surface area contributed by atoms with Gasteiger partial charge in [-0.25, -0.2) is 4.79 Å². The molecule has 1 aliphatic heterocycles. The molecule has 0 spiro atoms. The minimum absolute atomic E-state index is 0.0934. The molecule has 0 bridgehead atoms. The van der Waals surface area contributed by atoms with Crippen LogP contribution in [0.3, 0.4) is 0 Å². The molecule has 0 aromatic carbocycles. The molecule has 2 atom stereocenters. The summed E-state index contributed by atoms with van der Waals surface area (Å²) in [5.74, 6) is 0.758. The molecule has 2 fully saturated rings. The second-order valence-corrected chi connectivity index (χ2v) is 4.29. The summed E-state index contributed by atoms with van der Waals surface area (Å²) in [6.45, 7) is 3.26. The number of piperidine rings is 1. The van der Waals surface area contributed by atoms with Crippen LogP contribution in [0.15, 0.2) is 0 Å². The lowest BCUT2D eigenvalue weighted by Gasteiger charge is -2.36. The topological polar surface area (TPSA) is 29.5 Å². The molecule has 1 saturated carbocycles. The number of hydrogen-bond donors (Lipinski definition) is 0. The van der Waals surface area contributed by atoms with Crippen LogP contribution in [-0.2, 0) is 4.74 Å². The smallest absolute Gasteiger partial charge is 0.410 e. The molecule has 0 radical (unpaired) electrons. The molecule has 0 aromatic rings. The minimum Gasteiger partial charge on any atom is -0.450 e. The van der Waals surface area contributed by atoms with Crippen molar-refractivity contribution < 1.29 is 9.53 Å². The molecule has 3 nitrogen and oxygen atoms in total. The number of carbonyl (C=O) groups is 1. The Morgan fingerprint density at radius 2 is 2.14 bits per heavy atom. The van der Waals surface area contributed by atoms with E-state index in [0.29, 0.717) is 12.6 Å². The predicted molar refractivity (Wildman–Crippen MR) is 54.1 cm³/mol. The number of hydrogen-bond acceptors (Lipinski definition) is 2. The fourth-order valence-corrected chi connectivity index (χ4v) is 2.89. The third-order valence-electron chi connectivity index (χ3n) is 3.50. The van der Waals surface area contributed by atoms with Gasteiger partial charge in [-0.1, -0.05) is 6.42 Å². The maximum atomic E-state index is 11.6. The van der Waals surface area contributed by atoms with E-state index in [0.717, 1.165) is 18.9 Å². The van der Waals surface area contributed by atoms with Gasteiger partial charge in [0.15, 0.2) is 0 Å². The van der Waals surface area contributed by atoms with E-state index in [1.54, 1.807) is 0 Å². The van der Waals surface area contributed by atoms with E-state index in [9.17, 15) is 4.79 Å². The monoisotopic (exact) mass is 197 g/mol. The summed E-state index contributed by atoms with van der Waals surface area (Å²) in [6, 6.07) is 0.489. The first-order valence-electron chi connectivity index (χ1n) is 5.76. The van der Waals surface area contributed by atoms with Crippen LogP contribution in [0.5, 0.6) is 0 Å². The summed E-state index contributed by atoms with van der Waals surface area (Å²) >= 11 is 0. The van der Waals surface area contributed by atoms with E-state index in [4.69, 9.17) is 4.74 Å². The van der Waals surface area contributed by atoms with Crippen LogP contribution in [-0.4, -0.2) is 30.2 Å². The highest BCUT2D eigenvalue weighted by Crippen LogP contribution is 2.36. The Morgan fingerprint density at radius 1 is 1.36 bits per heavy atom. The highest BCUT2D eigenvalue weighted by molar-refractivity contribution is 5.68. The molecule has 1 aliphatic carbocycles. The van der Waals surface area contributed by atoms with Crippen molar-refractivity contribution in [2.24, 2.45) is 5.92 Å². The van der Waals surface area contributed by atoms with E-state index in [1.807, 2.05) is 11.8 Å². The molecule has 2 rings (SSSR count). The molecule has 0 aromatic heterocycles. The summed E-state index contributed by atoms with van der Waals surface area (Å²) < 4.78 is 5.08. The van der Waals surface area contributed by atoms with Crippen molar-refractivity contribution in [1.29, 1.82) is 0 Å². The first kappa shape index (κ1) is 9.81. The summed E-state index contributed by atoms with van der Waals surface area (Å²) in [4.78, 5) is 13.6. The quantitative estimate of drug-likeness (QED) is 0.646. The van der Waals surface area contributed by atoms with Crippen molar-refractivity contribution in [3.63, 3.8) is 0 Å². The van der Waals surface area contributed by atoms with Gasteiger partial charge in [0, 0.05) is 12.6 Å². The SMILES string of the molecule is CCOC(=O)N1CCCC2CCCC21. The molecule has 1 heterocycles. The van der Waals surface area contributed by atoms with Crippen LogP contribution in [0, 0.1) is 5.92 Å². The van der Waals surface area contributed by atoms with Gasteiger partial charge in [-0.15, -0.1) is 0 Å². The summed E-state index contributed by atoms with van der Waals surface area (Å²) in [5.41, 5.74) is 0. The van der Waals surface area contributed by atoms with Crippen LogP contribution < -0.4 is 0 Å². The molecule has 0 N–H and O–H groups in total. The second kappa shape index (κ2) is 4.20. The van der Waals surface area contributed by atoms with Gasteiger partial charge in [0.25, 0.3) is 0 Å². The Morgan fingerprint density at radius 3 is 2.93 bits per heavy atom. The van der Waals surface area contributed by atoms with Gasteiger partial charge < -0.3 is 9.64 Å². The number of fused-ring (bicyclic) bond motifs is 1. The molecule has 1 amide bonds. The number of rotatable bonds is 1. The molecule has 80 valence electrons. The van der Waals surface area contributed by atoms with Crippen molar-refractivity contribution in [2.75, 3.05) is 13.2 Å². The first-order valence-corrected chi connectivity index (χ1v) is 5.76. The highest BCUT2D eigenvalue weighted by atomic mass is 16.6. The van der Waals surface area contributed by atoms with Crippen molar-refractivity contribution in [2.45, 2.75) is 45.1 Å². The van der Waals surface area contributed by atoms with E-state index in [1.165, 1.54) is 25.7 Å². The number of amides is 1. The number of ether oxygens (including phenoxy) is 1. The lowest BCUT2D eigenvalue weighted by atomic mass is 9.92. The molecular formula is C11H19NO2. The Kier molecular flexibility index (Phi) is 2.94. The second-order valence-electron chi connectivity index (χ2n) is 4.29. The minimum atomic E-state index is -0.0934. The lowest BCUT2D eigenvalue weighted by molar-refractivity contribution is 0.0647. The fraction of sp³-hybridized carbons (Fsp3) is 0.909. The first-order chi connectivity index (χ1) is 6.83. The lowest BCUT2D eigenvalue weighted by Crippen LogP contribution is -2.46. The van der Waals surface area contributed by atoms with Gasteiger partial charge in [-0.3, -0.25) is 0 Å². The Labute approximate surface area is 85.4 Å². The largest absolute Gasteiger partial charge is 0.450 e. The Balaban J connectivity index is 1.99. The zero-order valence-corrected chi connectivity index (χ0v) is 8.87. The van der Waals surface area contributed by atoms with Crippen molar-refractivity contribution in [3.8, 4) is 0 Å². The highest BCUT2D eigenvalue weighted by Gasteiger charge is 2.37. The maximum absolute atomic E-state index is 11.6. The average Bonchev–Trinajstić information content (AvgIpc) is 2.65. The van der Waals surface area contributed by atoms with E-state index >= 15 is 0 Å². The normalized spacial score (nSPS) is 31.4. The maximum Gasteiger partial charge on any atom is 0.410 e. The van der Waals surface area contributed by atoms with E-state index < -0.39 is 0 Å². The standard InChI is InChI=1S/C11H19NO2/c1-2-14-11(13)12-8-4-6-9-5-3-7-10(9)12/h9-10H,2-8H2,1H3. The van der Waals surface area contributed by atoms with Gasteiger partial charge in [0.1, 0.15) is 0 Å². The van der Waals surface area contributed by atoms with Crippen LogP contribution in [0.4, 0.5) is 4.79 Å². The number of likely N-dealkylation sites (tertiary alicyclic amines) is 1. The van der Waals surface area contributed by atoms with E-state index in [2.05, 4.69) is 0 Å². The third kappa shape index (κ3) is 1.72. The van der Waals surface area contributed by atoms with Crippen LogP contribution in [0.1, 0.15) is 39.0 Å². The molecule has 2 unspecified atom stereocenters. The van der Waals surface area contributed by atoms with Gasteiger partial charge in [-0.2, -0.15) is 0 Å². The summed E-state index contributed by atoms with van der Waals surface area (Å²) in [5, 5.41) is 0. The predicted octanol–water partition coefficient (Wildman–Crippen LogP) is 2.41. The Bertz CT molecular complexity index is 217. The Hall–Kier alpha value is -0.730. The number of nitrogens with zero attached hydrogens (tertiary/aromatic N) is 1. The van der Waals surface area contributed by atoms with Gasteiger partial charge >= 0.3 is 6.09 Å². The van der Waals surface area contributed by atoms with Crippen molar-refractivity contribution >= 4 is 6.09 Å². The van der Waals surface area contributed by atoms with Gasteiger partial charge in [0.05, 0.1) is 6.61 Å². The molecular weight excluding hydrogens is 178 g/mol. The molecule has 14 heavy (non-hydrogen) atoms. The van der Waals surface area contributed by atoms with Crippen molar-refractivity contribution in [3.05, 3.63) is 0 Å². The summed E-state index contributed by atoms with van der Waals surface area (Å²) in [7, 11) is 0. The molecule has 1 saturated heterocycles. The molecule has 3 heteroatoms. The average molecular weight is 197 g/mol.